The summed E-state index contributed by atoms with van der Waals surface area (Å²) < 4.78 is 5.13. The summed E-state index contributed by atoms with van der Waals surface area (Å²) in [5.74, 6) is -0.280. The quantitative estimate of drug-likeness (QED) is 0.179. The Bertz CT molecular complexity index is 333. The highest BCUT2D eigenvalue weighted by atomic mass is 16.5. The Hall–Kier alpha value is -0.610. The van der Waals surface area contributed by atoms with Gasteiger partial charge in [0.15, 0.2) is 0 Å². The summed E-state index contributed by atoms with van der Waals surface area (Å²) >= 11 is 0. The van der Waals surface area contributed by atoms with Gasteiger partial charge in [0.2, 0.25) is 0 Å². The lowest BCUT2D eigenvalue weighted by molar-refractivity contribution is -0.152. The molecule has 0 fully saturated rings. The van der Waals surface area contributed by atoms with E-state index in [-0.39, 0.29) is 25.1 Å². The summed E-state index contributed by atoms with van der Waals surface area (Å²) in [5.41, 5.74) is 0. The lowest BCUT2D eigenvalue weighted by Crippen LogP contribution is -2.25. The lowest BCUT2D eigenvalue weighted by atomic mass is 9.96. The van der Waals surface area contributed by atoms with Crippen LogP contribution in [0.4, 0.5) is 0 Å². The van der Waals surface area contributed by atoms with Crippen molar-refractivity contribution in [3.05, 3.63) is 0 Å². The largest absolute Gasteiger partial charge is 0.463 e. The van der Waals surface area contributed by atoms with Gasteiger partial charge in [-0.25, -0.2) is 0 Å². The maximum atomic E-state index is 12.1. The maximum absolute atomic E-state index is 12.1. The summed E-state index contributed by atoms with van der Waals surface area (Å²) in [6.07, 6.45) is 20.4. The first-order chi connectivity index (χ1) is 13.7. The highest BCUT2D eigenvalue weighted by Crippen LogP contribution is 2.19. The van der Waals surface area contributed by atoms with Crippen molar-refractivity contribution in [2.45, 2.75) is 129 Å². The van der Waals surface area contributed by atoms with E-state index in [1.807, 2.05) is 0 Å². The number of aliphatic hydroxyl groups excluding tert-OH is 2. The van der Waals surface area contributed by atoms with Gasteiger partial charge in [-0.15, -0.1) is 0 Å². The van der Waals surface area contributed by atoms with E-state index in [0.717, 1.165) is 25.7 Å². The van der Waals surface area contributed by atoms with Crippen LogP contribution in [0.3, 0.4) is 0 Å². The summed E-state index contributed by atoms with van der Waals surface area (Å²) in [6, 6.07) is 0. The van der Waals surface area contributed by atoms with Crippen LogP contribution in [0.1, 0.15) is 123 Å². The van der Waals surface area contributed by atoms with Gasteiger partial charge in [-0.1, -0.05) is 110 Å². The molecular formula is C24H48O4. The minimum absolute atomic E-state index is 0.0618. The molecule has 168 valence electrons. The summed E-state index contributed by atoms with van der Waals surface area (Å²) in [4.78, 5) is 12.1. The fourth-order valence-corrected chi connectivity index (χ4v) is 3.66. The first-order valence-corrected chi connectivity index (χ1v) is 12.1. The molecule has 0 aliphatic rings. The molecule has 2 atom stereocenters. The second-order valence-electron chi connectivity index (χ2n) is 8.34. The molecule has 0 radical (unpaired) electrons. The van der Waals surface area contributed by atoms with E-state index < -0.39 is 6.10 Å². The van der Waals surface area contributed by atoms with Crippen molar-refractivity contribution < 1.29 is 19.7 Å². The first-order valence-electron chi connectivity index (χ1n) is 12.1. The topological polar surface area (TPSA) is 66.8 Å². The third-order valence-electron chi connectivity index (χ3n) is 5.51. The van der Waals surface area contributed by atoms with E-state index in [1.54, 1.807) is 0 Å². The van der Waals surface area contributed by atoms with Gasteiger partial charge >= 0.3 is 5.97 Å². The van der Waals surface area contributed by atoms with Crippen molar-refractivity contribution in [1.29, 1.82) is 0 Å². The molecule has 4 nitrogen and oxygen atoms in total. The van der Waals surface area contributed by atoms with Crippen LogP contribution in [0, 0.1) is 5.92 Å². The highest BCUT2D eigenvalue weighted by Gasteiger charge is 2.19. The molecule has 2 unspecified atom stereocenters. The number of hydrogen-bond donors (Lipinski definition) is 2. The zero-order valence-electron chi connectivity index (χ0n) is 18.8. The maximum Gasteiger partial charge on any atom is 0.309 e. The Kier molecular flexibility index (Phi) is 20.6. The third kappa shape index (κ3) is 17.5. The van der Waals surface area contributed by atoms with E-state index >= 15 is 0 Å². The van der Waals surface area contributed by atoms with Gasteiger partial charge in [-0.2, -0.15) is 0 Å². The van der Waals surface area contributed by atoms with Gasteiger partial charge in [-0.05, 0) is 12.8 Å². The normalized spacial score (nSPS) is 13.4. The van der Waals surface area contributed by atoms with Gasteiger partial charge in [0.25, 0.3) is 0 Å². The Labute approximate surface area is 174 Å². The molecule has 0 aromatic heterocycles. The van der Waals surface area contributed by atoms with E-state index in [4.69, 9.17) is 9.84 Å². The van der Waals surface area contributed by atoms with Crippen LogP contribution in [0.2, 0.25) is 0 Å². The monoisotopic (exact) mass is 400 g/mol. The number of unbranched alkanes of at least 4 members (excludes halogenated alkanes) is 13. The fourth-order valence-electron chi connectivity index (χ4n) is 3.66. The predicted octanol–water partition coefficient (Wildman–Crippen LogP) is 6.17. The van der Waals surface area contributed by atoms with E-state index in [1.165, 1.54) is 83.5 Å². The number of carbonyl (C=O) groups excluding carboxylic acids is 1. The Morgan fingerprint density at radius 3 is 1.61 bits per heavy atom. The van der Waals surface area contributed by atoms with Crippen molar-refractivity contribution in [3.8, 4) is 0 Å². The SMILES string of the molecule is CCCCCCCCCCCCCCCCC(CCC)C(=O)OCC(O)CO. The van der Waals surface area contributed by atoms with Gasteiger partial charge in [0.05, 0.1) is 12.5 Å². The standard InChI is InChI=1S/C24H48O4/c1-3-5-6-7-8-9-10-11-12-13-14-15-16-17-19-22(18-4-2)24(27)28-21-23(26)20-25/h22-23,25-26H,3-21H2,1-2H3. The first kappa shape index (κ1) is 27.4. The molecule has 0 aromatic carbocycles. The van der Waals surface area contributed by atoms with Gasteiger partial charge in [0.1, 0.15) is 12.7 Å². The molecule has 0 aliphatic carbocycles. The van der Waals surface area contributed by atoms with Crippen LogP contribution < -0.4 is 0 Å². The minimum Gasteiger partial charge on any atom is -0.463 e. The minimum atomic E-state index is -0.965. The highest BCUT2D eigenvalue weighted by molar-refractivity contribution is 5.72. The van der Waals surface area contributed by atoms with Crippen LogP contribution >= 0.6 is 0 Å². The van der Waals surface area contributed by atoms with E-state index in [9.17, 15) is 9.90 Å². The number of rotatable bonds is 21. The zero-order chi connectivity index (χ0) is 20.9. The van der Waals surface area contributed by atoms with Gasteiger partial charge in [0, 0.05) is 0 Å². The molecule has 0 aromatic rings. The summed E-state index contributed by atoms with van der Waals surface area (Å²) in [7, 11) is 0. The Morgan fingerprint density at radius 2 is 1.18 bits per heavy atom. The second-order valence-corrected chi connectivity index (χ2v) is 8.34. The molecule has 28 heavy (non-hydrogen) atoms. The van der Waals surface area contributed by atoms with Crippen molar-refractivity contribution in [1.82, 2.24) is 0 Å². The fraction of sp³-hybridized carbons (Fsp3) is 0.958. The van der Waals surface area contributed by atoms with Crippen LogP contribution in [0.5, 0.6) is 0 Å². The third-order valence-corrected chi connectivity index (χ3v) is 5.51. The van der Waals surface area contributed by atoms with Crippen LogP contribution in [-0.2, 0) is 9.53 Å². The molecule has 2 N–H and O–H groups in total. The van der Waals surface area contributed by atoms with Crippen molar-refractivity contribution in [2.75, 3.05) is 13.2 Å². The number of esters is 1. The zero-order valence-corrected chi connectivity index (χ0v) is 18.8. The average Bonchev–Trinajstić information content (AvgIpc) is 2.71. The van der Waals surface area contributed by atoms with Gasteiger partial charge < -0.3 is 14.9 Å². The number of ether oxygens (including phenoxy) is 1. The molecule has 0 aliphatic heterocycles. The van der Waals surface area contributed by atoms with Crippen LogP contribution in [-0.4, -0.2) is 35.5 Å². The van der Waals surface area contributed by atoms with Crippen molar-refractivity contribution in [3.63, 3.8) is 0 Å². The summed E-state index contributed by atoms with van der Waals surface area (Å²) in [5, 5.41) is 18.1. The second kappa shape index (κ2) is 21.1. The molecule has 4 heteroatoms. The molecule has 0 spiro atoms. The molecule has 0 saturated carbocycles. The molecule has 0 rings (SSSR count). The molecule has 0 saturated heterocycles. The Morgan fingerprint density at radius 1 is 0.714 bits per heavy atom. The molecule has 0 bridgehead atoms. The number of hydrogen-bond acceptors (Lipinski definition) is 4. The van der Waals surface area contributed by atoms with E-state index in [2.05, 4.69) is 13.8 Å². The van der Waals surface area contributed by atoms with Crippen LogP contribution in [0.15, 0.2) is 0 Å². The van der Waals surface area contributed by atoms with Crippen LogP contribution in [0.25, 0.3) is 0 Å². The van der Waals surface area contributed by atoms with Crippen molar-refractivity contribution >= 4 is 5.97 Å². The Balaban J connectivity index is 3.53. The predicted molar refractivity (Wildman–Crippen MR) is 117 cm³/mol. The van der Waals surface area contributed by atoms with E-state index in [0.29, 0.717) is 0 Å². The number of aliphatic hydroxyl groups is 2. The molecular weight excluding hydrogens is 352 g/mol. The van der Waals surface area contributed by atoms with Crippen molar-refractivity contribution in [2.24, 2.45) is 5.92 Å². The lowest BCUT2D eigenvalue weighted by Gasteiger charge is -2.16. The molecule has 0 amide bonds. The molecule has 0 heterocycles. The smallest absolute Gasteiger partial charge is 0.309 e. The summed E-state index contributed by atoms with van der Waals surface area (Å²) in [6.45, 7) is 3.87. The average molecular weight is 401 g/mol. The number of carbonyl (C=O) groups is 1. The van der Waals surface area contributed by atoms with Gasteiger partial charge in [-0.3, -0.25) is 4.79 Å².